The lowest BCUT2D eigenvalue weighted by Crippen LogP contribution is -2.34. The predicted molar refractivity (Wildman–Crippen MR) is 101 cm³/mol. The zero-order chi connectivity index (χ0) is 18.7. The van der Waals surface area contributed by atoms with Gasteiger partial charge in [-0.25, -0.2) is 0 Å². The number of hydrogen-bond donors (Lipinski definition) is 2. The molecule has 2 aromatic carbocycles. The molecule has 6 heteroatoms. The van der Waals surface area contributed by atoms with Crippen molar-refractivity contribution in [2.75, 3.05) is 22.1 Å². The topological polar surface area (TPSA) is 78.5 Å². The third kappa shape index (κ3) is 3.91. The number of amides is 3. The van der Waals surface area contributed by atoms with Crippen LogP contribution >= 0.6 is 0 Å². The lowest BCUT2D eigenvalue weighted by atomic mass is 10.0. The Balaban J connectivity index is 1.71. The highest BCUT2D eigenvalue weighted by Crippen LogP contribution is 2.30. The summed E-state index contributed by atoms with van der Waals surface area (Å²) in [5, 5.41) is 5.16. The van der Waals surface area contributed by atoms with E-state index in [1.165, 1.54) is 6.92 Å². The average Bonchev–Trinajstić information content (AvgIpc) is 2.62. The van der Waals surface area contributed by atoms with Crippen molar-refractivity contribution in [3.8, 4) is 0 Å². The van der Waals surface area contributed by atoms with Crippen molar-refractivity contribution in [1.29, 1.82) is 0 Å². The minimum atomic E-state index is -0.754. The third-order valence-corrected chi connectivity index (χ3v) is 4.36. The Morgan fingerprint density at radius 2 is 1.54 bits per heavy atom. The maximum absolute atomic E-state index is 12.2. The minimum Gasteiger partial charge on any atom is -0.318 e. The number of carbonyl (C=O) groups is 3. The van der Waals surface area contributed by atoms with E-state index in [9.17, 15) is 14.4 Å². The van der Waals surface area contributed by atoms with Crippen molar-refractivity contribution in [2.24, 2.45) is 0 Å². The molecule has 6 nitrogen and oxygen atoms in total. The number of hydrogen-bond acceptors (Lipinski definition) is 3. The molecule has 3 rings (SSSR count). The van der Waals surface area contributed by atoms with Crippen LogP contribution in [0.4, 0.5) is 17.1 Å². The van der Waals surface area contributed by atoms with Gasteiger partial charge in [0.05, 0.1) is 0 Å². The highest BCUT2D eigenvalue weighted by Gasteiger charge is 2.21. The summed E-state index contributed by atoms with van der Waals surface area (Å²) in [5.74, 6) is -1.53. The number of fused-ring (bicyclic) bond motifs is 1. The third-order valence-electron chi connectivity index (χ3n) is 4.36. The molecule has 0 saturated carbocycles. The average molecular weight is 351 g/mol. The zero-order valence-electron chi connectivity index (χ0n) is 14.8. The van der Waals surface area contributed by atoms with Crippen LogP contribution in [0, 0.1) is 6.92 Å². The van der Waals surface area contributed by atoms with Gasteiger partial charge in [-0.2, -0.15) is 0 Å². The number of rotatable bonds is 2. The summed E-state index contributed by atoms with van der Waals surface area (Å²) in [6.07, 6.45) is 1.80. The van der Waals surface area contributed by atoms with Gasteiger partial charge in [-0.05, 0) is 49.6 Å². The quantitative estimate of drug-likeness (QED) is 0.817. The van der Waals surface area contributed by atoms with Gasteiger partial charge in [-0.15, -0.1) is 0 Å². The zero-order valence-corrected chi connectivity index (χ0v) is 14.8. The summed E-state index contributed by atoms with van der Waals surface area (Å²) in [5.41, 5.74) is 3.97. The molecule has 0 saturated heterocycles. The van der Waals surface area contributed by atoms with Crippen molar-refractivity contribution < 1.29 is 14.4 Å². The van der Waals surface area contributed by atoms with Gasteiger partial charge >= 0.3 is 11.8 Å². The van der Waals surface area contributed by atoms with Crippen molar-refractivity contribution >= 4 is 34.8 Å². The van der Waals surface area contributed by atoms with Crippen LogP contribution in [-0.2, 0) is 20.8 Å². The Labute approximate surface area is 152 Å². The highest BCUT2D eigenvalue weighted by molar-refractivity contribution is 6.43. The molecule has 0 radical (unpaired) electrons. The number of nitrogens with one attached hydrogen (secondary N) is 2. The van der Waals surface area contributed by atoms with E-state index in [-0.39, 0.29) is 5.91 Å². The van der Waals surface area contributed by atoms with Gasteiger partial charge in [-0.3, -0.25) is 14.4 Å². The van der Waals surface area contributed by atoms with Crippen molar-refractivity contribution in [3.63, 3.8) is 0 Å². The number of benzene rings is 2. The molecule has 0 bridgehead atoms. The maximum atomic E-state index is 12.2. The van der Waals surface area contributed by atoms with Gasteiger partial charge in [0.2, 0.25) is 5.91 Å². The molecular formula is C20H21N3O3. The summed E-state index contributed by atoms with van der Waals surface area (Å²) in [7, 11) is 0. The normalized spacial score (nSPS) is 12.9. The molecule has 134 valence electrons. The van der Waals surface area contributed by atoms with Gasteiger partial charge in [-0.1, -0.05) is 23.8 Å². The van der Waals surface area contributed by atoms with E-state index in [1.807, 2.05) is 25.1 Å². The van der Waals surface area contributed by atoms with Crippen molar-refractivity contribution in [3.05, 3.63) is 53.6 Å². The molecule has 1 heterocycles. The Hall–Kier alpha value is -3.15. The molecule has 2 N–H and O–H groups in total. The summed E-state index contributed by atoms with van der Waals surface area (Å²) in [4.78, 5) is 37.7. The van der Waals surface area contributed by atoms with E-state index < -0.39 is 11.8 Å². The lowest BCUT2D eigenvalue weighted by molar-refractivity contribution is -0.132. The largest absolute Gasteiger partial charge is 0.318 e. The molecule has 0 atom stereocenters. The van der Waals surface area contributed by atoms with Gasteiger partial charge < -0.3 is 15.5 Å². The van der Waals surface area contributed by atoms with Gasteiger partial charge in [0, 0.05) is 30.5 Å². The molecule has 0 spiro atoms. The molecule has 26 heavy (non-hydrogen) atoms. The molecule has 1 aliphatic rings. The molecule has 2 aromatic rings. The molecule has 0 aromatic heterocycles. The SMILES string of the molecule is CC(=O)N1CCCc2ccc(NC(=O)C(=O)Nc3ccc(C)cc3)cc21. The van der Waals surface area contributed by atoms with Crippen LogP contribution in [0.1, 0.15) is 24.5 Å². The summed E-state index contributed by atoms with van der Waals surface area (Å²) in [6, 6.07) is 12.6. The standard InChI is InChI=1S/C20H21N3O3/c1-13-5-8-16(9-6-13)21-19(25)20(26)22-17-10-7-15-4-3-11-23(14(2)24)18(15)12-17/h5-10,12H,3-4,11H2,1-2H3,(H,21,25)(H,22,26). The maximum Gasteiger partial charge on any atom is 0.314 e. The summed E-state index contributed by atoms with van der Waals surface area (Å²) >= 11 is 0. The fraction of sp³-hybridized carbons (Fsp3) is 0.250. The monoisotopic (exact) mass is 351 g/mol. The lowest BCUT2D eigenvalue weighted by Gasteiger charge is -2.29. The van der Waals surface area contributed by atoms with E-state index in [1.54, 1.807) is 29.2 Å². The van der Waals surface area contributed by atoms with Gasteiger partial charge in [0.1, 0.15) is 0 Å². The molecule has 1 aliphatic heterocycles. The minimum absolute atomic E-state index is 0.0356. The number of carbonyl (C=O) groups excluding carboxylic acids is 3. The molecule has 3 amide bonds. The van der Waals surface area contributed by atoms with Gasteiger partial charge in [0.15, 0.2) is 0 Å². The second kappa shape index (κ2) is 7.39. The Morgan fingerprint density at radius 3 is 2.19 bits per heavy atom. The second-order valence-corrected chi connectivity index (χ2v) is 6.39. The fourth-order valence-electron chi connectivity index (χ4n) is 2.99. The first-order valence-electron chi connectivity index (χ1n) is 8.54. The molecule has 0 unspecified atom stereocenters. The fourth-order valence-corrected chi connectivity index (χ4v) is 2.99. The molecule has 0 aliphatic carbocycles. The Kier molecular flexibility index (Phi) is 5.02. The number of anilines is 3. The Morgan fingerprint density at radius 1 is 0.923 bits per heavy atom. The van der Waals surface area contributed by atoms with E-state index in [2.05, 4.69) is 10.6 Å². The van der Waals surface area contributed by atoms with Crippen molar-refractivity contribution in [2.45, 2.75) is 26.7 Å². The number of nitrogens with zero attached hydrogens (tertiary/aromatic N) is 1. The highest BCUT2D eigenvalue weighted by atomic mass is 16.2. The van der Waals surface area contributed by atoms with Crippen LogP contribution in [0.3, 0.4) is 0 Å². The van der Waals surface area contributed by atoms with E-state index in [0.29, 0.717) is 17.9 Å². The van der Waals surface area contributed by atoms with Crippen molar-refractivity contribution in [1.82, 2.24) is 0 Å². The van der Waals surface area contributed by atoms with Crippen LogP contribution in [0.15, 0.2) is 42.5 Å². The van der Waals surface area contributed by atoms with Gasteiger partial charge in [0.25, 0.3) is 0 Å². The smallest absolute Gasteiger partial charge is 0.314 e. The van der Waals surface area contributed by atoms with E-state index in [0.717, 1.165) is 29.7 Å². The first-order chi connectivity index (χ1) is 12.4. The summed E-state index contributed by atoms with van der Waals surface area (Å²) in [6.45, 7) is 4.13. The van der Waals surface area contributed by atoms with Crippen LogP contribution in [0.2, 0.25) is 0 Å². The first-order valence-corrected chi connectivity index (χ1v) is 8.54. The van der Waals surface area contributed by atoms with Crippen LogP contribution in [-0.4, -0.2) is 24.3 Å². The van der Waals surface area contributed by atoms with Crippen LogP contribution < -0.4 is 15.5 Å². The second-order valence-electron chi connectivity index (χ2n) is 6.39. The van der Waals surface area contributed by atoms with Crippen LogP contribution in [0.25, 0.3) is 0 Å². The first kappa shape index (κ1) is 17.7. The summed E-state index contributed by atoms with van der Waals surface area (Å²) < 4.78 is 0. The molecule has 0 fully saturated rings. The number of aryl methyl sites for hydroxylation is 2. The molecular weight excluding hydrogens is 330 g/mol. The predicted octanol–water partition coefficient (Wildman–Crippen LogP) is 2.87. The Bertz CT molecular complexity index is 859. The van der Waals surface area contributed by atoms with E-state index in [4.69, 9.17) is 0 Å². The van der Waals surface area contributed by atoms with Crippen LogP contribution in [0.5, 0.6) is 0 Å². The van der Waals surface area contributed by atoms with E-state index >= 15 is 0 Å².